The zero-order chi connectivity index (χ0) is 22.9. The summed E-state index contributed by atoms with van der Waals surface area (Å²) >= 11 is 1.45. The summed E-state index contributed by atoms with van der Waals surface area (Å²) in [5, 5.41) is 1.85. The fourth-order valence-corrected chi connectivity index (χ4v) is 4.99. The van der Waals surface area contributed by atoms with E-state index in [2.05, 4.69) is 9.88 Å². The average molecular weight is 462 g/mol. The standard InChI is InChI=1S/C22H31N5O4S/c1-22(2,3)31-21(30)26-6-4-5-16(14-26)19(29)25-9-7-24(8-10-25)15-17-13-18(28)27-11-12-32-20(27)23-17/h11-13,16H,4-10,14-15H2,1-3H3/t16-/m0/s1. The lowest BCUT2D eigenvalue weighted by atomic mass is 9.96. The Bertz CT molecular complexity index is 1030. The van der Waals surface area contributed by atoms with Crippen LogP contribution in [0.5, 0.6) is 0 Å². The van der Waals surface area contributed by atoms with Crippen LogP contribution in [0.1, 0.15) is 39.3 Å². The van der Waals surface area contributed by atoms with Crippen LogP contribution in [-0.4, -0.2) is 81.0 Å². The topological polar surface area (TPSA) is 87.5 Å². The van der Waals surface area contributed by atoms with E-state index in [4.69, 9.17) is 4.74 Å². The van der Waals surface area contributed by atoms with Crippen LogP contribution in [0, 0.1) is 5.92 Å². The van der Waals surface area contributed by atoms with Crippen LogP contribution in [-0.2, 0) is 16.1 Å². The summed E-state index contributed by atoms with van der Waals surface area (Å²) in [6, 6.07) is 1.59. The van der Waals surface area contributed by atoms with E-state index in [9.17, 15) is 14.4 Å². The Balaban J connectivity index is 1.30. The van der Waals surface area contributed by atoms with E-state index in [0.717, 1.165) is 31.6 Å². The highest BCUT2D eigenvalue weighted by molar-refractivity contribution is 7.15. The van der Waals surface area contributed by atoms with Gasteiger partial charge >= 0.3 is 6.09 Å². The number of nitrogens with zero attached hydrogens (tertiary/aromatic N) is 5. The predicted octanol–water partition coefficient (Wildman–Crippen LogP) is 2.05. The van der Waals surface area contributed by atoms with Gasteiger partial charge in [-0.2, -0.15) is 0 Å². The van der Waals surface area contributed by atoms with Crippen molar-refractivity contribution in [1.82, 2.24) is 24.1 Å². The summed E-state index contributed by atoms with van der Waals surface area (Å²) in [5.41, 5.74) is 0.156. The first-order valence-corrected chi connectivity index (χ1v) is 12.0. The molecule has 0 aromatic carbocycles. The van der Waals surface area contributed by atoms with Crippen molar-refractivity contribution < 1.29 is 14.3 Å². The second-order valence-corrected chi connectivity index (χ2v) is 10.4. The lowest BCUT2D eigenvalue weighted by molar-refractivity contribution is -0.139. The van der Waals surface area contributed by atoms with Gasteiger partial charge in [0.05, 0.1) is 11.6 Å². The maximum atomic E-state index is 13.1. The van der Waals surface area contributed by atoms with Gasteiger partial charge in [0.15, 0.2) is 4.96 Å². The smallest absolute Gasteiger partial charge is 0.410 e. The fourth-order valence-electron chi connectivity index (χ4n) is 4.25. The maximum Gasteiger partial charge on any atom is 0.410 e. The summed E-state index contributed by atoms with van der Waals surface area (Å²) in [5.74, 6) is -0.0555. The summed E-state index contributed by atoms with van der Waals surface area (Å²) < 4.78 is 7.03. The molecule has 0 radical (unpaired) electrons. The number of hydrogen-bond donors (Lipinski definition) is 0. The number of piperazine rings is 1. The molecule has 10 heteroatoms. The summed E-state index contributed by atoms with van der Waals surface area (Å²) in [4.78, 5) is 48.8. The molecule has 0 spiro atoms. The SMILES string of the molecule is CC(C)(C)OC(=O)N1CCC[C@H](C(=O)N2CCN(Cc3cc(=O)n4ccsc4n3)CC2)C1. The Hall–Kier alpha value is -2.46. The highest BCUT2D eigenvalue weighted by atomic mass is 32.1. The number of carbonyl (C=O) groups is 2. The van der Waals surface area contributed by atoms with E-state index in [1.165, 1.54) is 11.3 Å². The normalized spacial score (nSPS) is 20.5. The number of ether oxygens (including phenoxy) is 1. The van der Waals surface area contributed by atoms with Gasteiger partial charge in [-0.25, -0.2) is 9.78 Å². The van der Waals surface area contributed by atoms with Crippen molar-refractivity contribution in [2.75, 3.05) is 39.3 Å². The largest absolute Gasteiger partial charge is 0.444 e. The first-order chi connectivity index (χ1) is 15.2. The minimum Gasteiger partial charge on any atom is -0.444 e. The molecule has 9 nitrogen and oxygen atoms in total. The van der Waals surface area contributed by atoms with Gasteiger partial charge in [0.25, 0.3) is 5.56 Å². The van der Waals surface area contributed by atoms with Crippen LogP contribution in [0.3, 0.4) is 0 Å². The van der Waals surface area contributed by atoms with Gasteiger partial charge in [-0.15, -0.1) is 11.3 Å². The molecular formula is C22H31N5O4S. The third-order valence-electron chi connectivity index (χ3n) is 5.85. The zero-order valence-corrected chi connectivity index (χ0v) is 19.8. The van der Waals surface area contributed by atoms with Gasteiger partial charge in [-0.1, -0.05) is 0 Å². The Morgan fingerprint density at radius 2 is 1.91 bits per heavy atom. The second kappa shape index (κ2) is 9.19. The third-order valence-corrected chi connectivity index (χ3v) is 6.60. The Morgan fingerprint density at radius 3 is 2.62 bits per heavy atom. The molecule has 0 saturated carbocycles. The lowest BCUT2D eigenvalue weighted by Gasteiger charge is -2.39. The monoisotopic (exact) mass is 461 g/mol. The average Bonchev–Trinajstić information content (AvgIpc) is 3.22. The number of hydrogen-bond acceptors (Lipinski definition) is 7. The summed E-state index contributed by atoms with van der Waals surface area (Å²) in [7, 11) is 0. The minimum absolute atomic E-state index is 0.0631. The molecular weight excluding hydrogens is 430 g/mol. The van der Waals surface area contributed by atoms with Gasteiger partial charge in [0, 0.05) is 63.5 Å². The molecule has 0 N–H and O–H groups in total. The molecule has 2 amide bonds. The van der Waals surface area contributed by atoms with Crippen LogP contribution in [0.25, 0.3) is 4.96 Å². The fraction of sp³-hybridized carbons (Fsp3) is 0.636. The number of aromatic nitrogens is 2. The molecule has 0 unspecified atom stereocenters. The first kappa shape index (κ1) is 22.7. The van der Waals surface area contributed by atoms with Crippen molar-refractivity contribution in [2.45, 2.75) is 45.8 Å². The van der Waals surface area contributed by atoms with E-state index in [0.29, 0.717) is 37.7 Å². The van der Waals surface area contributed by atoms with Crippen LogP contribution < -0.4 is 5.56 Å². The molecule has 2 saturated heterocycles. The Kier molecular flexibility index (Phi) is 6.52. The Labute approximate surface area is 191 Å². The van der Waals surface area contributed by atoms with Crippen molar-refractivity contribution in [2.24, 2.45) is 5.92 Å². The van der Waals surface area contributed by atoms with Crippen molar-refractivity contribution in [3.8, 4) is 0 Å². The molecule has 1 atom stereocenters. The molecule has 32 heavy (non-hydrogen) atoms. The molecule has 4 rings (SSSR count). The minimum atomic E-state index is -0.543. The number of fused-ring (bicyclic) bond motifs is 1. The number of carbonyl (C=O) groups excluding carboxylic acids is 2. The first-order valence-electron chi connectivity index (χ1n) is 11.1. The molecule has 2 aromatic rings. The van der Waals surface area contributed by atoms with Crippen molar-refractivity contribution in [1.29, 1.82) is 0 Å². The van der Waals surface area contributed by atoms with Crippen molar-refractivity contribution in [3.05, 3.63) is 33.7 Å². The number of rotatable bonds is 3. The van der Waals surface area contributed by atoms with Crippen LogP contribution in [0.4, 0.5) is 4.79 Å². The molecule has 2 fully saturated rings. The van der Waals surface area contributed by atoms with E-state index < -0.39 is 5.60 Å². The molecule has 0 aliphatic carbocycles. The van der Waals surface area contributed by atoms with E-state index >= 15 is 0 Å². The number of thiazole rings is 1. The molecule has 0 bridgehead atoms. The summed E-state index contributed by atoms with van der Waals surface area (Å²) in [6.45, 7) is 9.95. The zero-order valence-electron chi connectivity index (χ0n) is 19.0. The van der Waals surface area contributed by atoms with Crippen LogP contribution in [0.2, 0.25) is 0 Å². The third kappa shape index (κ3) is 5.29. The number of amides is 2. The molecule has 174 valence electrons. The Morgan fingerprint density at radius 1 is 1.16 bits per heavy atom. The lowest BCUT2D eigenvalue weighted by Crippen LogP contribution is -2.53. The van der Waals surface area contributed by atoms with E-state index in [1.807, 2.05) is 31.1 Å². The van der Waals surface area contributed by atoms with Gasteiger partial charge in [0.1, 0.15) is 5.60 Å². The van der Waals surface area contributed by atoms with Gasteiger partial charge in [-0.05, 0) is 33.6 Å². The van der Waals surface area contributed by atoms with Gasteiger partial charge < -0.3 is 14.5 Å². The van der Waals surface area contributed by atoms with Gasteiger partial charge in [-0.3, -0.25) is 18.9 Å². The van der Waals surface area contributed by atoms with E-state index in [-0.39, 0.29) is 23.5 Å². The highest BCUT2D eigenvalue weighted by Gasteiger charge is 2.34. The van der Waals surface area contributed by atoms with Crippen molar-refractivity contribution >= 4 is 28.3 Å². The highest BCUT2D eigenvalue weighted by Crippen LogP contribution is 2.22. The molecule has 2 aliphatic rings. The summed E-state index contributed by atoms with van der Waals surface area (Å²) in [6.07, 6.45) is 3.00. The second-order valence-electron chi connectivity index (χ2n) is 9.51. The van der Waals surface area contributed by atoms with Crippen molar-refractivity contribution in [3.63, 3.8) is 0 Å². The maximum absolute atomic E-state index is 13.1. The van der Waals surface area contributed by atoms with Crippen LogP contribution >= 0.6 is 11.3 Å². The quantitative estimate of drug-likeness (QED) is 0.695. The molecule has 2 aromatic heterocycles. The number of likely N-dealkylation sites (tertiary alicyclic amines) is 1. The van der Waals surface area contributed by atoms with E-state index in [1.54, 1.807) is 21.6 Å². The molecule has 4 heterocycles. The number of piperidine rings is 1. The van der Waals surface area contributed by atoms with Gasteiger partial charge in [0.2, 0.25) is 5.91 Å². The molecule has 2 aliphatic heterocycles. The van der Waals surface area contributed by atoms with Crippen LogP contribution in [0.15, 0.2) is 22.4 Å². The predicted molar refractivity (Wildman–Crippen MR) is 122 cm³/mol.